The van der Waals surface area contributed by atoms with Gasteiger partial charge in [0, 0.05) is 30.7 Å². The molecule has 2 unspecified atom stereocenters. The summed E-state index contributed by atoms with van der Waals surface area (Å²) < 4.78 is 0. The summed E-state index contributed by atoms with van der Waals surface area (Å²) in [6.45, 7) is 0.0590. The van der Waals surface area contributed by atoms with Gasteiger partial charge in [-0.15, -0.1) is 12.4 Å². The molecule has 2 aliphatic heterocycles. The largest absolute Gasteiger partial charge is 0.343 e. The second-order valence-corrected chi connectivity index (χ2v) is 6.32. The van der Waals surface area contributed by atoms with Crippen LogP contribution in [-0.2, 0) is 4.79 Å². The highest BCUT2D eigenvalue weighted by Gasteiger charge is 2.36. The quantitative estimate of drug-likeness (QED) is 0.877. The van der Waals surface area contributed by atoms with Gasteiger partial charge >= 0.3 is 0 Å². The zero-order chi connectivity index (χ0) is 15.5. The van der Waals surface area contributed by atoms with Crippen LogP contribution in [0.4, 0.5) is 0 Å². The molecular weight excluding hydrogens is 314 g/mol. The number of piperidine rings is 1. The van der Waals surface area contributed by atoms with E-state index in [1.165, 1.54) is 12.8 Å². The molecule has 2 fully saturated rings. The Labute approximate surface area is 143 Å². The van der Waals surface area contributed by atoms with Gasteiger partial charge in [-0.05, 0) is 37.8 Å². The lowest BCUT2D eigenvalue weighted by Crippen LogP contribution is -2.50. The van der Waals surface area contributed by atoms with Crippen molar-refractivity contribution in [3.63, 3.8) is 0 Å². The summed E-state index contributed by atoms with van der Waals surface area (Å²) in [6.07, 6.45) is 4.47. The molecule has 23 heavy (non-hydrogen) atoms. The molecule has 6 heteroatoms. The standard InChI is InChI=1S/C17H23N3O2.ClH/c1-20(15-9-13-7-8-14(10-15)19-13)16(21)11-18-17(22)12-5-3-2-4-6-12;/h2-6,13-15,19H,7-11H2,1H3,(H,18,22);1H. The van der Waals surface area contributed by atoms with E-state index < -0.39 is 0 Å². The number of nitrogens with one attached hydrogen (secondary N) is 2. The molecule has 1 aromatic rings. The number of halogens is 1. The van der Waals surface area contributed by atoms with Crippen molar-refractivity contribution in [2.75, 3.05) is 13.6 Å². The van der Waals surface area contributed by atoms with E-state index in [2.05, 4.69) is 10.6 Å². The number of rotatable bonds is 4. The predicted molar refractivity (Wildman–Crippen MR) is 91.8 cm³/mol. The molecule has 2 aliphatic rings. The lowest BCUT2D eigenvalue weighted by Gasteiger charge is -2.35. The van der Waals surface area contributed by atoms with Gasteiger partial charge in [-0.25, -0.2) is 0 Å². The monoisotopic (exact) mass is 337 g/mol. The summed E-state index contributed by atoms with van der Waals surface area (Å²) in [7, 11) is 1.85. The van der Waals surface area contributed by atoms with Crippen LogP contribution in [0.25, 0.3) is 0 Å². The Bertz CT molecular complexity index is 540. The molecule has 2 heterocycles. The minimum Gasteiger partial charge on any atom is -0.343 e. The van der Waals surface area contributed by atoms with Crippen LogP contribution in [0.15, 0.2) is 30.3 Å². The van der Waals surface area contributed by atoms with Crippen molar-refractivity contribution < 1.29 is 9.59 Å². The average Bonchev–Trinajstić information content (AvgIpc) is 2.90. The van der Waals surface area contributed by atoms with E-state index in [0.29, 0.717) is 23.7 Å². The van der Waals surface area contributed by atoms with Crippen molar-refractivity contribution in [1.82, 2.24) is 15.5 Å². The Morgan fingerprint density at radius 3 is 2.39 bits per heavy atom. The molecular formula is C17H24ClN3O2. The van der Waals surface area contributed by atoms with Crippen LogP contribution in [-0.4, -0.2) is 48.4 Å². The van der Waals surface area contributed by atoms with Gasteiger partial charge in [0.2, 0.25) is 5.91 Å². The van der Waals surface area contributed by atoms with E-state index in [4.69, 9.17) is 0 Å². The van der Waals surface area contributed by atoms with Crippen molar-refractivity contribution >= 4 is 24.2 Å². The topological polar surface area (TPSA) is 61.4 Å². The number of carbonyl (C=O) groups is 2. The van der Waals surface area contributed by atoms with Crippen LogP contribution in [0.2, 0.25) is 0 Å². The van der Waals surface area contributed by atoms with E-state index in [1.807, 2.05) is 30.1 Å². The first kappa shape index (κ1) is 17.8. The van der Waals surface area contributed by atoms with Crippen LogP contribution < -0.4 is 10.6 Å². The Morgan fingerprint density at radius 2 is 1.78 bits per heavy atom. The number of hydrogen-bond acceptors (Lipinski definition) is 3. The number of likely N-dealkylation sites (N-methyl/N-ethyl adjacent to an activating group) is 1. The van der Waals surface area contributed by atoms with Crippen LogP contribution in [0.3, 0.4) is 0 Å². The van der Waals surface area contributed by atoms with E-state index >= 15 is 0 Å². The zero-order valence-electron chi connectivity index (χ0n) is 13.3. The minimum atomic E-state index is -0.201. The molecule has 2 atom stereocenters. The molecule has 2 bridgehead atoms. The normalized spacial score (nSPS) is 25.3. The average molecular weight is 338 g/mol. The van der Waals surface area contributed by atoms with Gasteiger partial charge in [-0.2, -0.15) is 0 Å². The fraction of sp³-hybridized carbons (Fsp3) is 0.529. The third-order valence-corrected chi connectivity index (χ3v) is 4.83. The molecule has 126 valence electrons. The molecule has 2 amide bonds. The van der Waals surface area contributed by atoms with Gasteiger partial charge in [-0.3, -0.25) is 9.59 Å². The van der Waals surface area contributed by atoms with Crippen molar-refractivity contribution in [3.05, 3.63) is 35.9 Å². The molecule has 5 nitrogen and oxygen atoms in total. The van der Waals surface area contributed by atoms with Gasteiger partial charge in [0.15, 0.2) is 0 Å². The molecule has 0 spiro atoms. The fourth-order valence-corrected chi connectivity index (χ4v) is 3.52. The van der Waals surface area contributed by atoms with Crippen molar-refractivity contribution in [3.8, 4) is 0 Å². The molecule has 0 saturated carbocycles. The maximum absolute atomic E-state index is 12.3. The van der Waals surface area contributed by atoms with Gasteiger partial charge in [0.05, 0.1) is 6.54 Å². The van der Waals surface area contributed by atoms with Gasteiger partial charge in [0.25, 0.3) is 5.91 Å². The van der Waals surface area contributed by atoms with E-state index in [9.17, 15) is 9.59 Å². The van der Waals surface area contributed by atoms with Gasteiger partial charge in [-0.1, -0.05) is 18.2 Å². The maximum atomic E-state index is 12.3. The first-order valence-corrected chi connectivity index (χ1v) is 7.98. The smallest absolute Gasteiger partial charge is 0.251 e. The van der Waals surface area contributed by atoms with Crippen LogP contribution in [0.5, 0.6) is 0 Å². The van der Waals surface area contributed by atoms with E-state index in [-0.39, 0.29) is 30.8 Å². The molecule has 0 radical (unpaired) electrons. The number of benzene rings is 1. The maximum Gasteiger partial charge on any atom is 0.251 e. The predicted octanol–water partition coefficient (Wildman–Crippen LogP) is 1.58. The second-order valence-electron chi connectivity index (χ2n) is 6.32. The summed E-state index contributed by atoms with van der Waals surface area (Å²) in [4.78, 5) is 26.1. The Kier molecular flexibility index (Phi) is 6.02. The molecule has 0 aromatic heterocycles. The van der Waals surface area contributed by atoms with Crippen LogP contribution in [0, 0.1) is 0 Å². The number of hydrogen-bond donors (Lipinski definition) is 2. The summed E-state index contributed by atoms with van der Waals surface area (Å²) in [5.41, 5.74) is 0.581. The number of fused-ring (bicyclic) bond motifs is 2. The summed E-state index contributed by atoms with van der Waals surface area (Å²) in [5, 5.41) is 6.29. The molecule has 3 rings (SSSR count). The Balaban J connectivity index is 0.00000192. The molecule has 1 aromatic carbocycles. The van der Waals surface area contributed by atoms with E-state index in [0.717, 1.165) is 12.8 Å². The summed E-state index contributed by atoms with van der Waals surface area (Å²) >= 11 is 0. The molecule has 2 N–H and O–H groups in total. The highest BCUT2D eigenvalue weighted by molar-refractivity contribution is 5.96. The van der Waals surface area contributed by atoms with E-state index in [1.54, 1.807) is 12.1 Å². The highest BCUT2D eigenvalue weighted by Crippen LogP contribution is 2.29. The summed E-state index contributed by atoms with van der Waals surface area (Å²) in [6, 6.07) is 10.4. The first-order valence-electron chi connectivity index (χ1n) is 7.98. The lowest BCUT2D eigenvalue weighted by molar-refractivity contribution is -0.131. The van der Waals surface area contributed by atoms with Crippen LogP contribution >= 0.6 is 12.4 Å². The van der Waals surface area contributed by atoms with Crippen molar-refractivity contribution in [1.29, 1.82) is 0 Å². The SMILES string of the molecule is CN(C(=O)CNC(=O)c1ccccc1)C1CC2CCC(C1)N2.Cl. The molecule has 0 aliphatic carbocycles. The third-order valence-electron chi connectivity index (χ3n) is 4.83. The second kappa shape index (κ2) is 7.79. The fourth-order valence-electron chi connectivity index (χ4n) is 3.52. The molecule has 2 saturated heterocycles. The number of carbonyl (C=O) groups excluding carboxylic acids is 2. The minimum absolute atomic E-state index is 0. The number of amides is 2. The third kappa shape index (κ3) is 4.24. The van der Waals surface area contributed by atoms with Gasteiger partial charge < -0.3 is 15.5 Å². The first-order chi connectivity index (χ1) is 10.6. The lowest BCUT2D eigenvalue weighted by atomic mass is 9.98. The van der Waals surface area contributed by atoms with Crippen molar-refractivity contribution in [2.24, 2.45) is 0 Å². The highest BCUT2D eigenvalue weighted by atomic mass is 35.5. The Hall–Kier alpha value is -1.59. The Morgan fingerprint density at radius 1 is 1.17 bits per heavy atom. The zero-order valence-corrected chi connectivity index (χ0v) is 14.1. The number of nitrogens with zero attached hydrogens (tertiary/aromatic N) is 1. The van der Waals surface area contributed by atoms with Gasteiger partial charge in [0.1, 0.15) is 0 Å². The van der Waals surface area contributed by atoms with Crippen LogP contribution in [0.1, 0.15) is 36.0 Å². The summed E-state index contributed by atoms with van der Waals surface area (Å²) in [5.74, 6) is -0.219. The van der Waals surface area contributed by atoms with Crippen molar-refractivity contribution in [2.45, 2.75) is 43.8 Å².